The summed E-state index contributed by atoms with van der Waals surface area (Å²) in [5.74, 6) is -0.464. The molecule has 11 heteroatoms. The maximum atomic E-state index is 12.4. The summed E-state index contributed by atoms with van der Waals surface area (Å²) in [5.41, 5.74) is 1.85. The van der Waals surface area contributed by atoms with Gasteiger partial charge in [0.15, 0.2) is 0 Å². The maximum Gasteiger partial charge on any atom is 0.573 e. The van der Waals surface area contributed by atoms with Crippen LogP contribution < -0.4 is 10.1 Å². The normalized spacial score (nSPS) is 15.4. The second-order valence-corrected chi connectivity index (χ2v) is 8.13. The van der Waals surface area contributed by atoms with E-state index < -0.39 is 11.6 Å². The topological polar surface area (TPSA) is 81.9 Å². The van der Waals surface area contributed by atoms with Crippen molar-refractivity contribution in [3.63, 3.8) is 0 Å². The molecule has 3 rings (SSSR count). The number of carbonyl (C=O) groups excluding carboxylic acids is 1. The van der Waals surface area contributed by atoms with Crippen LogP contribution in [0, 0.1) is 0 Å². The average Bonchev–Trinajstić information content (AvgIpc) is 3.16. The van der Waals surface area contributed by atoms with Crippen LogP contribution >= 0.6 is 11.8 Å². The molecule has 7 nitrogen and oxygen atoms in total. The number of rotatable bonds is 8. The minimum Gasteiger partial charge on any atom is -0.406 e. The quantitative estimate of drug-likeness (QED) is 0.492. The van der Waals surface area contributed by atoms with E-state index in [2.05, 4.69) is 31.7 Å². The highest BCUT2D eigenvalue weighted by Crippen LogP contribution is 2.26. The van der Waals surface area contributed by atoms with Gasteiger partial charge in [-0.1, -0.05) is 23.4 Å². The number of ether oxygens (including phenoxy) is 1. The maximum absolute atomic E-state index is 12.4. The summed E-state index contributed by atoms with van der Waals surface area (Å²) in [6.07, 6.45) is 3.01. The van der Waals surface area contributed by atoms with Crippen LogP contribution in [0.25, 0.3) is 5.69 Å². The monoisotopic (exact) mass is 441 g/mol. The lowest BCUT2D eigenvalue weighted by Gasteiger charge is -2.15. The van der Waals surface area contributed by atoms with Crippen molar-refractivity contribution in [3.8, 4) is 11.4 Å². The van der Waals surface area contributed by atoms with Crippen molar-refractivity contribution in [1.29, 1.82) is 0 Å². The summed E-state index contributed by atoms with van der Waals surface area (Å²) >= 11 is 1.17. The SMILES string of the molecule is CC(Sc1nnnn1-c1ccc(OC(F)(F)F)cc1)C(=O)NCCC1=CCCCC1. The minimum absolute atomic E-state index is 0.125. The Morgan fingerprint density at radius 3 is 2.73 bits per heavy atom. The molecule has 0 radical (unpaired) electrons. The number of thioether (sulfide) groups is 1. The van der Waals surface area contributed by atoms with Crippen LogP contribution in [-0.2, 0) is 4.79 Å². The highest BCUT2D eigenvalue weighted by Gasteiger charge is 2.31. The van der Waals surface area contributed by atoms with Crippen LogP contribution in [0.2, 0.25) is 0 Å². The van der Waals surface area contributed by atoms with E-state index in [1.807, 2.05) is 0 Å². The molecule has 1 aliphatic carbocycles. The highest BCUT2D eigenvalue weighted by atomic mass is 32.2. The van der Waals surface area contributed by atoms with Crippen molar-refractivity contribution in [2.24, 2.45) is 0 Å². The number of aromatic nitrogens is 4. The summed E-state index contributed by atoms with van der Waals surface area (Å²) in [4.78, 5) is 12.4. The molecule has 1 N–H and O–H groups in total. The third kappa shape index (κ3) is 6.48. The summed E-state index contributed by atoms with van der Waals surface area (Å²) in [7, 11) is 0. The second kappa shape index (κ2) is 9.96. The molecule has 0 spiro atoms. The van der Waals surface area contributed by atoms with Gasteiger partial charge in [0, 0.05) is 6.54 Å². The first-order valence-corrected chi connectivity index (χ1v) is 10.5. The van der Waals surface area contributed by atoms with Gasteiger partial charge in [-0.05, 0) is 73.7 Å². The van der Waals surface area contributed by atoms with Crippen molar-refractivity contribution in [3.05, 3.63) is 35.9 Å². The van der Waals surface area contributed by atoms with E-state index in [1.54, 1.807) is 6.92 Å². The Labute approximate surface area is 176 Å². The summed E-state index contributed by atoms with van der Waals surface area (Å²) in [5, 5.41) is 14.2. The second-order valence-electron chi connectivity index (χ2n) is 6.82. The zero-order valence-electron chi connectivity index (χ0n) is 16.4. The van der Waals surface area contributed by atoms with Crippen molar-refractivity contribution in [2.45, 2.75) is 55.8 Å². The molecule has 30 heavy (non-hydrogen) atoms. The molecular weight excluding hydrogens is 419 g/mol. The van der Waals surface area contributed by atoms with Crippen LogP contribution in [0.1, 0.15) is 39.0 Å². The Kier molecular flexibility index (Phi) is 7.35. The molecule has 0 bridgehead atoms. The molecule has 0 saturated heterocycles. The standard InChI is InChI=1S/C19H22F3N5O2S/c1-13(17(28)23-12-11-14-5-3-2-4-6-14)30-18-24-25-26-27(18)15-7-9-16(10-8-15)29-19(20,21)22/h5,7-10,13H,2-4,6,11-12H2,1H3,(H,23,28). The molecule has 1 unspecified atom stereocenters. The largest absolute Gasteiger partial charge is 0.573 e. The number of nitrogens with one attached hydrogen (secondary N) is 1. The smallest absolute Gasteiger partial charge is 0.406 e. The van der Waals surface area contributed by atoms with Gasteiger partial charge in [0.1, 0.15) is 5.75 Å². The lowest BCUT2D eigenvalue weighted by Crippen LogP contribution is -2.32. The molecule has 162 valence electrons. The van der Waals surface area contributed by atoms with E-state index in [0.717, 1.165) is 19.3 Å². The third-order valence-corrected chi connectivity index (χ3v) is 5.57. The highest BCUT2D eigenvalue weighted by molar-refractivity contribution is 8.00. The van der Waals surface area contributed by atoms with Gasteiger partial charge in [0.05, 0.1) is 10.9 Å². The van der Waals surface area contributed by atoms with Crippen LogP contribution in [0.4, 0.5) is 13.2 Å². The number of hydrogen-bond acceptors (Lipinski definition) is 6. The number of benzene rings is 1. The van der Waals surface area contributed by atoms with E-state index in [-0.39, 0.29) is 11.7 Å². The summed E-state index contributed by atoms with van der Waals surface area (Å²) < 4.78 is 42.1. The van der Waals surface area contributed by atoms with E-state index in [4.69, 9.17) is 0 Å². The van der Waals surface area contributed by atoms with E-state index in [9.17, 15) is 18.0 Å². The first-order chi connectivity index (χ1) is 14.3. The zero-order chi connectivity index (χ0) is 21.6. The van der Waals surface area contributed by atoms with Crippen LogP contribution in [0.3, 0.4) is 0 Å². The number of tetrazole rings is 1. The fourth-order valence-corrected chi connectivity index (χ4v) is 3.87. The van der Waals surface area contributed by atoms with Gasteiger partial charge in [-0.3, -0.25) is 4.79 Å². The fourth-order valence-electron chi connectivity index (χ4n) is 3.04. The lowest BCUT2D eigenvalue weighted by atomic mass is 9.97. The molecule has 0 aliphatic heterocycles. The molecule has 1 atom stereocenters. The van der Waals surface area contributed by atoms with Crippen molar-refractivity contribution in [2.75, 3.05) is 6.54 Å². The Bertz CT molecular complexity index is 883. The zero-order valence-corrected chi connectivity index (χ0v) is 17.2. The third-order valence-electron chi connectivity index (χ3n) is 4.54. The first-order valence-electron chi connectivity index (χ1n) is 9.58. The van der Waals surface area contributed by atoms with Gasteiger partial charge >= 0.3 is 6.36 Å². The predicted molar refractivity (Wildman–Crippen MR) is 105 cm³/mol. The van der Waals surface area contributed by atoms with Crippen molar-refractivity contribution < 1.29 is 22.7 Å². The average molecular weight is 441 g/mol. The molecular formula is C19H22F3N5O2S. The first kappa shape index (κ1) is 22.1. The van der Waals surface area contributed by atoms with Gasteiger partial charge in [-0.25, -0.2) is 0 Å². The Morgan fingerprint density at radius 2 is 2.07 bits per heavy atom. The van der Waals surface area contributed by atoms with Gasteiger partial charge in [-0.15, -0.1) is 18.3 Å². The van der Waals surface area contributed by atoms with E-state index >= 15 is 0 Å². The van der Waals surface area contributed by atoms with Crippen LogP contribution in [0.5, 0.6) is 5.75 Å². The Morgan fingerprint density at radius 1 is 1.30 bits per heavy atom. The van der Waals surface area contributed by atoms with Crippen LogP contribution in [0.15, 0.2) is 41.1 Å². The molecule has 1 aromatic heterocycles. The molecule has 0 fully saturated rings. The molecule has 0 saturated carbocycles. The minimum atomic E-state index is -4.76. The molecule has 1 heterocycles. The summed E-state index contributed by atoms with van der Waals surface area (Å²) in [6.45, 7) is 2.33. The van der Waals surface area contributed by atoms with E-state index in [1.165, 1.54) is 59.1 Å². The Balaban J connectivity index is 1.55. The number of nitrogens with zero attached hydrogens (tertiary/aromatic N) is 4. The molecule has 2 aromatic rings. The number of halogens is 3. The predicted octanol–water partition coefficient (Wildman–Crippen LogP) is 4.05. The number of allylic oxidation sites excluding steroid dienone is 1. The Hall–Kier alpha value is -2.56. The number of amides is 1. The number of alkyl halides is 3. The van der Waals surface area contributed by atoms with Gasteiger partial charge in [-0.2, -0.15) is 4.68 Å². The summed E-state index contributed by atoms with van der Waals surface area (Å²) in [6, 6.07) is 5.17. The van der Waals surface area contributed by atoms with Crippen molar-refractivity contribution >= 4 is 17.7 Å². The lowest BCUT2D eigenvalue weighted by molar-refractivity contribution is -0.274. The molecule has 1 aromatic carbocycles. The molecule has 1 aliphatic rings. The van der Waals surface area contributed by atoms with E-state index in [0.29, 0.717) is 17.4 Å². The van der Waals surface area contributed by atoms with Gasteiger partial charge in [0.25, 0.3) is 0 Å². The molecule has 1 amide bonds. The number of hydrogen-bond donors (Lipinski definition) is 1. The van der Waals surface area contributed by atoms with Gasteiger partial charge in [0.2, 0.25) is 11.1 Å². The number of carbonyl (C=O) groups is 1. The van der Waals surface area contributed by atoms with Crippen LogP contribution in [-0.4, -0.2) is 44.3 Å². The fraction of sp³-hybridized carbons (Fsp3) is 0.474. The van der Waals surface area contributed by atoms with Gasteiger partial charge < -0.3 is 10.1 Å². The van der Waals surface area contributed by atoms with Crippen molar-refractivity contribution in [1.82, 2.24) is 25.5 Å².